The highest BCUT2D eigenvalue weighted by atomic mass is 16.5. The zero-order valence-corrected chi connectivity index (χ0v) is 15.1. The normalized spacial score (nSPS) is 12.3. The van der Waals surface area contributed by atoms with Crippen molar-refractivity contribution in [2.75, 3.05) is 6.61 Å². The Bertz CT molecular complexity index is 668. The first-order chi connectivity index (χ1) is 11.4. The fourth-order valence-corrected chi connectivity index (χ4v) is 1.78. The van der Waals surface area contributed by atoms with Gasteiger partial charge in [-0.1, -0.05) is 57.0 Å². The van der Waals surface area contributed by atoms with Gasteiger partial charge in [0.05, 0.1) is 5.69 Å². The van der Waals surface area contributed by atoms with Crippen LogP contribution in [0.5, 0.6) is 5.88 Å². The summed E-state index contributed by atoms with van der Waals surface area (Å²) in [6, 6.07) is 11.0. The zero-order chi connectivity index (χ0) is 18.0. The molecular formula is C20H26N2O2. The predicted molar refractivity (Wildman–Crippen MR) is 96.6 cm³/mol. The molecule has 2 aromatic rings. The van der Waals surface area contributed by atoms with E-state index in [-0.39, 0.29) is 6.61 Å². The summed E-state index contributed by atoms with van der Waals surface area (Å²) in [7, 11) is 0. The van der Waals surface area contributed by atoms with E-state index < -0.39 is 5.60 Å². The molecule has 0 saturated heterocycles. The van der Waals surface area contributed by atoms with E-state index in [0.717, 1.165) is 11.5 Å². The number of hydrogen-bond donors (Lipinski definition) is 1. The topological polar surface area (TPSA) is 55.2 Å². The zero-order valence-electron chi connectivity index (χ0n) is 15.1. The number of benzene rings is 1. The first-order valence-corrected chi connectivity index (χ1v) is 8.00. The summed E-state index contributed by atoms with van der Waals surface area (Å²) in [5.74, 6) is 6.76. The van der Waals surface area contributed by atoms with Gasteiger partial charge in [0, 0.05) is 6.07 Å². The molecule has 0 spiro atoms. The summed E-state index contributed by atoms with van der Waals surface area (Å²) in [6.07, 6.45) is 1.38. The lowest BCUT2D eigenvalue weighted by Crippen LogP contribution is -2.24. The highest BCUT2D eigenvalue weighted by Crippen LogP contribution is 2.28. The van der Waals surface area contributed by atoms with Gasteiger partial charge in [0.15, 0.2) is 6.61 Å². The highest BCUT2D eigenvalue weighted by Gasteiger charge is 2.27. The quantitative estimate of drug-likeness (QED) is 0.868. The maximum atomic E-state index is 10.7. The third-order valence-electron chi connectivity index (χ3n) is 2.95. The van der Waals surface area contributed by atoms with Gasteiger partial charge in [0.1, 0.15) is 11.9 Å². The molecule has 4 heteroatoms. The minimum Gasteiger partial charge on any atom is -0.464 e. The summed E-state index contributed by atoms with van der Waals surface area (Å²) < 4.78 is 5.38. The fraction of sp³-hybridized carbons (Fsp3) is 0.400. The molecule has 128 valence electrons. The van der Waals surface area contributed by atoms with Crippen LogP contribution < -0.4 is 4.74 Å². The molecule has 0 radical (unpaired) electrons. The Kier molecular flexibility index (Phi) is 7.94. The highest BCUT2D eigenvalue weighted by molar-refractivity contribution is 5.32. The molecule has 2 rings (SSSR count). The second kappa shape index (κ2) is 9.69. The average molecular weight is 326 g/mol. The Morgan fingerprint density at radius 1 is 1.17 bits per heavy atom. The van der Waals surface area contributed by atoms with Crippen LogP contribution >= 0.6 is 0 Å². The maximum absolute atomic E-state index is 10.7. The van der Waals surface area contributed by atoms with Crippen molar-refractivity contribution in [2.24, 2.45) is 5.92 Å². The molecule has 0 fully saturated rings. The monoisotopic (exact) mass is 326 g/mol. The second-order valence-corrected chi connectivity index (χ2v) is 6.13. The number of aliphatic hydroxyl groups is 1. The number of ether oxygens (including phenoxy) is 1. The molecule has 1 heterocycles. The van der Waals surface area contributed by atoms with Crippen molar-refractivity contribution in [2.45, 2.75) is 40.2 Å². The van der Waals surface area contributed by atoms with Gasteiger partial charge in [-0.2, -0.15) is 0 Å². The Labute approximate surface area is 144 Å². The van der Waals surface area contributed by atoms with Crippen molar-refractivity contribution >= 4 is 0 Å². The lowest BCUT2D eigenvalue weighted by atomic mass is 9.92. The molecule has 24 heavy (non-hydrogen) atoms. The van der Waals surface area contributed by atoms with Gasteiger partial charge >= 0.3 is 0 Å². The van der Waals surface area contributed by atoms with Gasteiger partial charge in [-0.05, 0) is 25.3 Å². The van der Waals surface area contributed by atoms with Crippen LogP contribution in [0.1, 0.15) is 45.9 Å². The van der Waals surface area contributed by atoms with E-state index in [9.17, 15) is 5.11 Å². The van der Waals surface area contributed by atoms with E-state index in [1.165, 1.54) is 6.33 Å². The number of nitrogens with zero attached hydrogens (tertiary/aromatic N) is 2. The molecule has 0 bridgehead atoms. The van der Waals surface area contributed by atoms with Crippen molar-refractivity contribution < 1.29 is 9.84 Å². The number of rotatable bonds is 4. The van der Waals surface area contributed by atoms with E-state index in [0.29, 0.717) is 11.6 Å². The van der Waals surface area contributed by atoms with E-state index in [1.807, 2.05) is 30.3 Å². The molecule has 0 aliphatic rings. The maximum Gasteiger partial charge on any atom is 0.217 e. The molecule has 1 unspecified atom stereocenters. The van der Waals surface area contributed by atoms with Crippen molar-refractivity contribution in [3.63, 3.8) is 0 Å². The summed E-state index contributed by atoms with van der Waals surface area (Å²) in [6.45, 7) is 10.2. The van der Waals surface area contributed by atoms with E-state index in [1.54, 1.807) is 19.9 Å². The van der Waals surface area contributed by atoms with Crippen LogP contribution in [0, 0.1) is 17.8 Å². The third kappa shape index (κ3) is 6.39. The first-order valence-electron chi connectivity index (χ1n) is 8.00. The van der Waals surface area contributed by atoms with Gasteiger partial charge < -0.3 is 9.84 Å². The summed E-state index contributed by atoms with van der Waals surface area (Å²) >= 11 is 0. The minimum atomic E-state index is -1.20. The van der Waals surface area contributed by atoms with Crippen LogP contribution in [-0.4, -0.2) is 21.7 Å². The van der Waals surface area contributed by atoms with Gasteiger partial charge in [0.2, 0.25) is 5.88 Å². The van der Waals surface area contributed by atoms with E-state index in [4.69, 9.17) is 4.74 Å². The predicted octanol–water partition coefficient (Wildman–Crippen LogP) is 3.80. The van der Waals surface area contributed by atoms with Gasteiger partial charge in [-0.3, -0.25) is 0 Å². The van der Waals surface area contributed by atoms with Crippen molar-refractivity contribution in [1.29, 1.82) is 0 Å². The van der Waals surface area contributed by atoms with Gasteiger partial charge in [-0.25, -0.2) is 9.97 Å². The third-order valence-corrected chi connectivity index (χ3v) is 2.95. The van der Waals surface area contributed by atoms with Crippen LogP contribution in [0.4, 0.5) is 0 Å². The van der Waals surface area contributed by atoms with E-state index >= 15 is 0 Å². The second-order valence-electron chi connectivity index (χ2n) is 6.13. The molecule has 0 amide bonds. The largest absolute Gasteiger partial charge is 0.464 e. The lowest BCUT2D eigenvalue weighted by molar-refractivity contribution is 0.0967. The van der Waals surface area contributed by atoms with Crippen molar-refractivity contribution in [3.05, 3.63) is 54.0 Å². The molecule has 1 N–H and O–H groups in total. The van der Waals surface area contributed by atoms with Crippen LogP contribution in [0.3, 0.4) is 0 Å². The SMILES string of the molecule is CC#CCOc1cc(C(C)(O)c2ccccc2)ncn1.CC(C)C. The number of aromatic nitrogens is 2. The molecule has 1 aromatic carbocycles. The van der Waals surface area contributed by atoms with E-state index in [2.05, 4.69) is 42.6 Å². The van der Waals surface area contributed by atoms with Crippen molar-refractivity contribution in [3.8, 4) is 17.7 Å². The molecule has 1 aromatic heterocycles. The Morgan fingerprint density at radius 3 is 2.38 bits per heavy atom. The fourth-order valence-electron chi connectivity index (χ4n) is 1.78. The number of hydrogen-bond acceptors (Lipinski definition) is 4. The van der Waals surface area contributed by atoms with Gasteiger partial charge in [-0.15, -0.1) is 5.92 Å². The molecule has 4 nitrogen and oxygen atoms in total. The molecule has 0 aliphatic heterocycles. The standard InChI is InChI=1S/C16H16N2O2.C4H10/c1-3-4-10-20-15-11-14(17-12-18-15)16(2,19)13-8-6-5-7-9-13;1-4(2)3/h5-9,11-12,19H,10H2,1-2H3;4H,1-3H3. The smallest absolute Gasteiger partial charge is 0.217 e. The molecular weight excluding hydrogens is 300 g/mol. The van der Waals surface area contributed by atoms with Crippen LogP contribution in [0.2, 0.25) is 0 Å². The molecule has 0 aliphatic carbocycles. The van der Waals surface area contributed by atoms with Crippen LogP contribution in [0.25, 0.3) is 0 Å². The summed E-state index contributed by atoms with van der Waals surface area (Å²) in [5, 5.41) is 10.7. The first kappa shape index (κ1) is 19.7. The Hall–Kier alpha value is -2.38. The molecule has 1 atom stereocenters. The summed E-state index contributed by atoms with van der Waals surface area (Å²) in [4.78, 5) is 8.14. The average Bonchev–Trinajstić information content (AvgIpc) is 2.56. The summed E-state index contributed by atoms with van der Waals surface area (Å²) in [5.41, 5.74) is 0.0508. The Morgan fingerprint density at radius 2 is 1.79 bits per heavy atom. The minimum absolute atomic E-state index is 0.264. The van der Waals surface area contributed by atoms with Gasteiger partial charge in [0.25, 0.3) is 0 Å². The Balaban J connectivity index is 0.000000648. The van der Waals surface area contributed by atoms with Crippen LogP contribution in [0.15, 0.2) is 42.7 Å². The molecule has 0 saturated carbocycles. The van der Waals surface area contributed by atoms with Crippen LogP contribution in [-0.2, 0) is 5.60 Å². The van der Waals surface area contributed by atoms with Crippen molar-refractivity contribution in [1.82, 2.24) is 9.97 Å². The lowest BCUT2D eigenvalue weighted by Gasteiger charge is -2.23.